The molecule has 1 aliphatic heterocycles. The predicted molar refractivity (Wildman–Crippen MR) is 114 cm³/mol. The Morgan fingerprint density at radius 1 is 1.22 bits per heavy atom. The van der Waals surface area contributed by atoms with Crippen LogP contribution >= 0.6 is 15.9 Å². The van der Waals surface area contributed by atoms with Crippen LogP contribution in [0.1, 0.15) is 17.9 Å². The monoisotopic (exact) mass is 424 g/mol. The Morgan fingerprint density at radius 2 is 2.04 bits per heavy atom. The summed E-state index contributed by atoms with van der Waals surface area (Å²) in [5, 5.41) is 6.80. The maximum absolute atomic E-state index is 5.39. The van der Waals surface area contributed by atoms with Gasteiger partial charge < -0.3 is 15.4 Å². The summed E-state index contributed by atoms with van der Waals surface area (Å²) in [5.41, 5.74) is 4.40. The SMILES string of the molecule is CN=C1NC(Nc2ccc(Br)c(OC)c2)N=C2C1=CCC2c1ccccc1. The fraction of sp³-hybridized carbons (Fsp3) is 0.238. The van der Waals surface area contributed by atoms with E-state index in [1.807, 2.05) is 31.3 Å². The van der Waals surface area contributed by atoms with Gasteiger partial charge in [-0.1, -0.05) is 36.4 Å². The number of nitrogens with zero attached hydrogens (tertiary/aromatic N) is 2. The summed E-state index contributed by atoms with van der Waals surface area (Å²) < 4.78 is 6.30. The number of hydrogen-bond donors (Lipinski definition) is 2. The van der Waals surface area contributed by atoms with Crippen LogP contribution in [0.5, 0.6) is 5.75 Å². The van der Waals surface area contributed by atoms with Gasteiger partial charge in [-0.25, -0.2) is 4.99 Å². The highest BCUT2D eigenvalue weighted by Gasteiger charge is 2.33. The van der Waals surface area contributed by atoms with E-state index in [4.69, 9.17) is 9.73 Å². The third-order valence-electron chi connectivity index (χ3n) is 4.84. The first-order chi connectivity index (χ1) is 13.2. The molecular weight excluding hydrogens is 404 g/mol. The Balaban J connectivity index is 1.64. The van der Waals surface area contributed by atoms with Crippen molar-refractivity contribution in [1.82, 2.24) is 5.32 Å². The lowest BCUT2D eigenvalue weighted by Crippen LogP contribution is -2.45. The first-order valence-electron chi connectivity index (χ1n) is 8.86. The van der Waals surface area contributed by atoms with E-state index in [-0.39, 0.29) is 12.2 Å². The number of nitrogens with one attached hydrogen (secondary N) is 2. The van der Waals surface area contributed by atoms with Crippen molar-refractivity contribution in [3.05, 3.63) is 70.2 Å². The highest BCUT2D eigenvalue weighted by Crippen LogP contribution is 2.34. The predicted octanol–water partition coefficient (Wildman–Crippen LogP) is 4.34. The van der Waals surface area contributed by atoms with Gasteiger partial charge in [-0.3, -0.25) is 4.99 Å². The highest BCUT2D eigenvalue weighted by atomic mass is 79.9. The van der Waals surface area contributed by atoms with Crippen LogP contribution in [0.4, 0.5) is 5.69 Å². The van der Waals surface area contributed by atoms with E-state index in [1.165, 1.54) is 5.56 Å². The molecule has 0 radical (unpaired) electrons. The van der Waals surface area contributed by atoms with Gasteiger partial charge in [0.15, 0.2) is 6.29 Å². The standard InChI is InChI=1S/C21H21BrN4O/c1-23-20-16-10-9-15(13-6-4-3-5-7-13)19(16)25-21(26-20)24-14-8-11-17(22)18(12-14)27-2/h3-8,10-12,15,21,24H,9H2,1-2H3,(H,23,26). The molecule has 2 unspecified atom stereocenters. The minimum atomic E-state index is -0.286. The van der Waals surface area contributed by atoms with E-state index in [2.05, 4.69) is 61.9 Å². The number of hydrogen-bond acceptors (Lipinski definition) is 4. The molecule has 0 saturated heterocycles. The molecule has 27 heavy (non-hydrogen) atoms. The topological polar surface area (TPSA) is 58.0 Å². The van der Waals surface area contributed by atoms with Gasteiger partial charge in [0.2, 0.25) is 0 Å². The molecular formula is C21H21BrN4O. The third-order valence-corrected chi connectivity index (χ3v) is 5.50. The van der Waals surface area contributed by atoms with Crippen LogP contribution in [-0.2, 0) is 0 Å². The van der Waals surface area contributed by atoms with Gasteiger partial charge in [0, 0.05) is 30.3 Å². The van der Waals surface area contributed by atoms with Crippen molar-refractivity contribution in [3.8, 4) is 5.75 Å². The van der Waals surface area contributed by atoms with E-state index < -0.39 is 0 Å². The largest absolute Gasteiger partial charge is 0.495 e. The van der Waals surface area contributed by atoms with E-state index in [0.29, 0.717) is 0 Å². The summed E-state index contributed by atoms with van der Waals surface area (Å²) in [4.78, 5) is 9.41. The van der Waals surface area contributed by atoms with E-state index in [9.17, 15) is 0 Å². The average Bonchev–Trinajstić information content (AvgIpc) is 3.13. The molecule has 0 bridgehead atoms. The second-order valence-electron chi connectivity index (χ2n) is 6.44. The highest BCUT2D eigenvalue weighted by molar-refractivity contribution is 9.10. The minimum absolute atomic E-state index is 0.267. The van der Waals surface area contributed by atoms with Crippen molar-refractivity contribution in [2.45, 2.75) is 18.6 Å². The molecule has 138 valence electrons. The maximum Gasteiger partial charge on any atom is 0.195 e. The van der Waals surface area contributed by atoms with Crippen LogP contribution in [0, 0.1) is 0 Å². The van der Waals surface area contributed by atoms with Crippen LogP contribution in [0.25, 0.3) is 0 Å². The second kappa shape index (κ2) is 7.56. The molecule has 5 nitrogen and oxygen atoms in total. The zero-order valence-corrected chi connectivity index (χ0v) is 16.8. The van der Waals surface area contributed by atoms with E-state index in [0.717, 1.165) is 39.5 Å². The molecule has 4 rings (SSSR count). The van der Waals surface area contributed by atoms with E-state index >= 15 is 0 Å². The number of ether oxygens (including phenoxy) is 1. The summed E-state index contributed by atoms with van der Waals surface area (Å²) in [7, 11) is 3.46. The molecule has 0 amide bonds. The van der Waals surface area contributed by atoms with Crippen molar-refractivity contribution in [1.29, 1.82) is 0 Å². The Hall–Kier alpha value is -2.60. The Kier molecular flexibility index (Phi) is 4.99. The van der Waals surface area contributed by atoms with Gasteiger partial charge >= 0.3 is 0 Å². The van der Waals surface area contributed by atoms with E-state index in [1.54, 1.807) is 7.11 Å². The number of aliphatic imine (C=N–C) groups is 2. The van der Waals surface area contributed by atoms with Crippen molar-refractivity contribution >= 4 is 33.2 Å². The lowest BCUT2D eigenvalue weighted by atomic mass is 9.93. The number of rotatable bonds is 4. The lowest BCUT2D eigenvalue weighted by molar-refractivity contribution is 0.412. The average molecular weight is 425 g/mol. The van der Waals surface area contributed by atoms with Gasteiger partial charge in [0.05, 0.1) is 17.3 Å². The smallest absolute Gasteiger partial charge is 0.195 e. The first-order valence-corrected chi connectivity index (χ1v) is 9.66. The van der Waals surface area contributed by atoms with Crippen molar-refractivity contribution in [2.24, 2.45) is 9.98 Å². The van der Waals surface area contributed by atoms with Gasteiger partial charge in [-0.2, -0.15) is 0 Å². The summed E-state index contributed by atoms with van der Waals surface area (Å²) in [5.74, 6) is 1.92. The molecule has 0 saturated carbocycles. The second-order valence-corrected chi connectivity index (χ2v) is 7.30. The van der Waals surface area contributed by atoms with Crippen molar-refractivity contribution in [2.75, 3.05) is 19.5 Å². The first kappa shape index (κ1) is 17.8. The summed E-state index contributed by atoms with van der Waals surface area (Å²) in [6.07, 6.45) is 2.88. The molecule has 2 aromatic carbocycles. The maximum atomic E-state index is 5.39. The van der Waals surface area contributed by atoms with Crippen LogP contribution in [0.2, 0.25) is 0 Å². The van der Waals surface area contributed by atoms with Crippen LogP contribution < -0.4 is 15.4 Å². The zero-order chi connectivity index (χ0) is 18.8. The number of fused-ring (bicyclic) bond motifs is 1. The molecule has 0 aromatic heterocycles. The van der Waals surface area contributed by atoms with Crippen LogP contribution in [0.15, 0.2) is 74.6 Å². The number of allylic oxidation sites excluding steroid dienone is 1. The minimum Gasteiger partial charge on any atom is -0.495 e. The van der Waals surface area contributed by atoms with Crippen LogP contribution in [0.3, 0.4) is 0 Å². The number of amidine groups is 1. The van der Waals surface area contributed by atoms with Gasteiger partial charge in [0.25, 0.3) is 0 Å². The Bertz CT molecular complexity index is 936. The number of anilines is 1. The van der Waals surface area contributed by atoms with Gasteiger partial charge in [0.1, 0.15) is 11.6 Å². The summed E-state index contributed by atoms with van der Waals surface area (Å²) >= 11 is 3.48. The normalized spacial score (nSPS) is 22.6. The number of methoxy groups -OCH3 is 1. The van der Waals surface area contributed by atoms with Crippen LogP contribution in [-0.4, -0.2) is 32.0 Å². The molecule has 1 aliphatic carbocycles. The van der Waals surface area contributed by atoms with Gasteiger partial charge in [-0.05, 0) is 40.0 Å². The molecule has 2 N–H and O–H groups in total. The lowest BCUT2D eigenvalue weighted by Gasteiger charge is -2.28. The molecule has 6 heteroatoms. The van der Waals surface area contributed by atoms with Crippen molar-refractivity contribution in [3.63, 3.8) is 0 Å². The quantitative estimate of drug-likeness (QED) is 0.767. The molecule has 2 aromatic rings. The fourth-order valence-electron chi connectivity index (χ4n) is 3.54. The Labute approximate surface area is 167 Å². The van der Waals surface area contributed by atoms with Crippen molar-refractivity contribution < 1.29 is 4.74 Å². The number of benzene rings is 2. The molecule has 2 aliphatic rings. The third kappa shape index (κ3) is 3.49. The summed E-state index contributed by atoms with van der Waals surface area (Å²) in [6.45, 7) is 0. The number of halogens is 1. The fourth-order valence-corrected chi connectivity index (χ4v) is 3.94. The summed E-state index contributed by atoms with van der Waals surface area (Å²) in [6, 6.07) is 16.4. The molecule has 0 spiro atoms. The molecule has 2 atom stereocenters. The molecule has 1 heterocycles. The zero-order valence-electron chi connectivity index (χ0n) is 15.2. The Morgan fingerprint density at radius 3 is 2.78 bits per heavy atom. The van der Waals surface area contributed by atoms with Gasteiger partial charge in [-0.15, -0.1) is 0 Å². The molecule has 0 fully saturated rings.